The summed E-state index contributed by atoms with van der Waals surface area (Å²) in [5.74, 6) is -0.621. The Labute approximate surface area is 207 Å². The Morgan fingerprint density at radius 2 is 1.80 bits per heavy atom. The number of benzene rings is 2. The van der Waals surface area contributed by atoms with Gasteiger partial charge in [0.1, 0.15) is 12.1 Å². The highest BCUT2D eigenvalue weighted by Crippen LogP contribution is 2.26. The highest BCUT2D eigenvalue weighted by Gasteiger charge is 2.39. The van der Waals surface area contributed by atoms with E-state index in [0.717, 1.165) is 22.8 Å². The van der Waals surface area contributed by atoms with E-state index in [-0.39, 0.29) is 24.3 Å². The first kappa shape index (κ1) is 26.6. The highest BCUT2D eigenvalue weighted by molar-refractivity contribution is 5.93. The molecule has 1 aliphatic rings. The molecule has 1 heterocycles. The topological polar surface area (TPSA) is 111 Å². The van der Waals surface area contributed by atoms with E-state index in [2.05, 4.69) is 16.0 Å². The first-order chi connectivity index (χ1) is 16.7. The van der Waals surface area contributed by atoms with Crippen LogP contribution in [0.25, 0.3) is 10.8 Å². The molecule has 190 valence electrons. The van der Waals surface area contributed by atoms with Crippen molar-refractivity contribution in [3.63, 3.8) is 0 Å². The Bertz CT molecular complexity index is 1030. The van der Waals surface area contributed by atoms with E-state index in [4.69, 9.17) is 5.11 Å². The van der Waals surface area contributed by atoms with Gasteiger partial charge in [-0.3, -0.25) is 14.4 Å². The van der Waals surface area contributed by atoms with E-state index in [1.165, 1.54) is 0 Å². The van der Waals surface area contributed by atoms with Gasteiger partial charge in [0.2, 0.25) is 17.7 Å². The number of rotatable bonds is 10. The number of hydrogen-bond acceptors (Lipinski definition) is 5. The fourth-order valence-electron chi connectivity index (χ4n) is 4.39. The van der Waals surface area contributed by atoms with Gasteiger partial charge < -0.3 is 26.0 Å². The average molecular weight is 483 g/mol. The molecule has 0 radical (unpaired) electrons. The van der Waals surface area contributed by atoms with Gasteiger partial charge in [0.05, 0.1) is 6.61 Å². The maximum absolute atomic E-state index is 13.3. The maximum atomic E-state index is 13.3. The van der Waals surface area contributed by atoms with E-state index >= 15 is 0 Å². The van der Waals surface area contributed by atoms with Crippen LogP contribution in [0.2, 0.25) is 0 Å². The van der Waals surface area contributed by atoms with Gasteiger partial charge in [-0.1, -0.05) is 63.2 Å². The summed E-state index contributed by atoms with van der Waals surface area (Å²) in [6.07, 6.45) is 1.69. The van der Waals surface area contributed by atoms with Crippen molar-refractivity contribution in [2.24, 2.45) is 5.41 Å². The molecule has 2 aromatic rings. The van der Waals surface area contributed by atoms with Crippen molar-refractivity contribution in [2.45, 2.75) is 52.1 Å². The summed E-state index contributed by atoms with van der Waals surface area (Å²) in [6, 6.07) is 12.7. The van der Waals surface area contributed by atoms with Crippen LogP contribution >= 0.6 is 0 Å². The fourth-order valence-corrected chi connectivity index (χ4v) is 4.39. The molecule has 3 rings (SSSR count). The second-order valence-electron chi connectivity index (χ2n) is 10.1. The number of fused-ring (bicyclic) bond motifs is 1. The normalized spacial score (nSPS) is 16.8. The minimum absolute atomic E-state index is 0.0275. The van der Waals surface area contributed by atoms with Gasteiger partial charge in [-0.2, -0.15) is 0 Å². The number of aliphatic hydroxyl groups excluding tert-OH is 1. The van der Waals surface area contributed by atoms with Gasteiger partial charge in [-0.15, -0.1) is 0 Å². The Balaban J connectivity index is 1.74. The lowest BCUT2D eigenvalue weighted by Crippen LogP contribution is -2.55. The summed E-state index contributed by atoms with van der Waals surface area (Å²) in [5, 5.41) is 19.9. The Morgan fingerprint density at radius 1 is 1.06 bits per heavy atom. The third-order valence-electron chi connectivity index (χ3n) is 6.23. The number of nitrogens with zero attached hydrogens (tertiary/aromatic N) is 1. The zero-order chi connectivity index (χ0) is 25.4. The SMILES string of the molecule is CC(C)(C)C(=O)N1CCC[C@H]1C(=O)N[C@H](Cc1ccc2ccccc2c1)C(=O)NCCNCCO. The van der Waals surface area contributed by atoms with E-state index in [1.807, 2.05) is 63.2 Å². The summed E-state index contributed by atoms with van der Waals surface area (Å²) < 4.78 is 0. The standard InChI is InChI=1S/C27H38N4O4/c1-27(2,3)26(35)31-15-6-9-23(31)25(34)30-22(24(33)29-13-12-28-14-16-32)18-19-10-11-20-7-4-5-8-21(20)17-19/h4-5,7-8,10-11,17,22-23,28,32H,6,9,12-16,18H2,1-3H3,(H,29,33)(H,30,34)/t22-,23+/m1/s1. The molecular formula is C27H38N4O4. The van der Waals surface area contributed by atoms with Crippen molar-refractivity contribution in [1.29, 1.82) is 0 Å². The van der Waals surface area contributed by atoms with Crippen LogP contribution in [0, 0.1) is 5.41 Å². The molecule has 8 heteroatoms. The minimum atomic E-state index is -0.770. The van der Waals surface area contributed by atoms with Gasteiger partial charge in [-0.05, 0) is 29.2 Å². The van der Waals surface area contributed by atoms with E-state index in [9.17, 15) is 14.4 Å². The summed E-state index contributed by atoms with van der Waals surface area (Å²) in [5.41, 5.74) is 0.364. The van der Waals surface area contributed by atoms with Gasteiger partial charge in [0, 0.05) is 38.0 Å². The quantitative estimate of drug-likeness (QED) is 0.385. The number of hydrogen-bond donors (Lipinski definition) is 4. The first-order valence-electron chi connectivity index (χ1n) is 12.4. The van der Waals surface area contributed by atoms with Crippen LogP contribution in [0.5, 0.6) is 0 Å². The monoisotopic (exact) mass is 482 g/mol. The lowest BCUT2D eigenvalue weighted by atomic mass is 9.94. The second-order valence-corrected chi connectivity index (χ2v) is 10.1. The van der Waals surface area contributed by atoms with E-state index in [0.29, 0.717) is 39.0 Å². The largest absolute Gasteiger partial charge is 0.395 e. The molecule has 8 nitrogen and oxygen atoms in total. The van der Waals surface area contributed by atoms with Gasteiger partial charge in [0.25, 0.3) is 0 Å². The first-order valence-corrected chi connectivity index (χ1v) is 12.4. The number of carbonyl (C=O) groups is 3. The zero-order valence-electron chi connectivity index (χ0n) is 21.0. The Hall–Kier alpha value is -2.97. The summed E-state index contributed by atoms with van der Waals surface area (Å²) in [6.45, 7) is 7.47. The van der Waals surface area contributed by atoms with E-state index < -0.39 is 17.5 Å². The van der Waals surface area contributed by atoms with Crippen molar-refractivity contribution in [2.75, 3.05) is 32.8 Å². The molecule has 0 bridgehead atoms. The van der Waals surface area contributed by atoms with Gasteiger partial charge in [0.15, 0.2) is 0 Å². The molecule has 0 unspecified atom stereocenters. The van der Waals surface area contributed by atoms with Crippen LogP contribution in [0.3, 0.4) is 0 Å². The molecule has 1 saturated heterocycles. The summed E-state index contributed by atoms with van der Waals surface area (Å²) in [4.78, 5) is 40.9. The molecule has 35 heavy (non-hydrogen) atoms. The fraction of sp³-hybridized carbons (Fsp3) is 0.519. The van der Waals surface area contributed by atoms with Crippen molar-refractivity contribution in [3.8, 4) is 0 Å². The van der Waals surface area contributed by atoms with Crippen molar-refractivity contribution in [1.82, 2.24) is 20.9 Å². The summed E-state index contributed by atoms with van der Waals surface area (Å²) in [7, 11) is 0. The molecule has 0 aromatic heterocycles. The Kier molecular flexibility index (Phi) is 9.23. The molecular weight excluding hydrogens is 444 g/mol. The number of likely N-dealkylation sites (tertiary alicyclic amines) is 1. The third-order valence-corrected chi connectivity index (χ3v) is 6.23. The smallest absolute Gasteiger partial charge is 0.243 e. The van der Waals surface area contributed by atoms with Crippen LogP contribution in [-0.4, -0.2) is 72.6 Å². The molecule has 0 spiro atoms. The van der Waals surface area contributed by atoms with E-state index in [1.54, 1.807) is 4.90 Å². The third kappa shape index (κ3) is 7.26. The zero-order valence-corrected chi connectivity index (χ0v) is 21.0. The maximum Gasteiger partial charge on any atom is 0.243 e. The predicted octanol–water partition coefficient (Wildman–Crippen LogP) is 1.60. The number of carbonyl (C=O) groups excluding carboxylic acids is 3. The molecule has 0 saturated carbocycles. The molecule has 2 aromatic carbocycles. The molecule has 3 amide bonds. The van der Waals surface area contributed by atoms with Crippen LogP contribution in [0.15, 0.2) is 42.5 Å². The molecule has 1 fully saturated rings. The van der Waals surface area contributed by atoms with Crippen molar-refractivity contribution < 1.29 is 19.5 Å². The molecule has 4 N–H and O–H groups in total. The van der Waals surface area contributed by atoms with Crippen LogP contribution < -0.4 is 16.0 Å². The summed E-state index contributed by atoms with van der Waals surface area (Å²) >= 11 is 0. The highest BCUT2D eigenvalue weighted by atomic mass is 16.3. The predicted molar refractivity (Wildman–Crippen MR) is 137 cm³/mol. The number of amides is 3. The lowest BCUT2D eigenvalue weighted by Gasteiger charge is -2.31. The minimum Gasteiger partial charge on any atom is -0.395 e. The van der Waals surface area contributed by atoms with Crippen LogP contribution in [0.1, 0.15) is 39.2 Å². The molecule has 0 aliphatic carbocycles. The van der Waals surface area contributed by atoms with Crippen molar-refractivity contribution >= 4 is 28.5 Å². The van der Waals surface area contributed by atoms with Crippen LogP contribution in [-0.2, 0) is 20.8 Å². The van der Waals surface area contributed by atoms with Crippen molar-refractivity contribution in [3.05, 3.63) is 48.0 Å². The van der Waals surface area contributed by atoms with Gasteiger partial charge >= 0.3 is 0 Å². The van der Waals surface area contributed by atoms with Crippen LogP contribution in [0.4, 0.5) is 0 Å². The Morgan fingerprint density at radius 3 is 2.51 bits per heavy atom. The van der Waals surface area contributed by atoms with Gasteiger partial charge in [-0.25, -0.2) is 0 Å². The lowest BCUT2D eigenvalue weighted by molar-refractivity contribution is -0.145. The molecule has 1 aliphatic heterocycles. The second kappa shape index (κ2) is 12.1. The number of nitrogens with one attached hydrogen (secondary N) is 3. The average Bonchev–Trinajstić information content (AvgIpc) is 3.32. The number of aliphatic hydroxyl groups is 1. The molecule has 2 atom stereocenters.